The standard InChI is InChI=1S/C42H26B2N2/c1-3-13-27(14-4-1)43-33-21-11-19-31-29-17-7-9-23-37(29)45(41(31)33)39-26-40-36(25-35(39)43)44(28-15-5-2-6-16-28)34-22-12-20-32-30-18-8-10-24-38(30)46(40)42(32)34/h1-26H. The van der Waals surface area contributed by atoms with Crippen LogP contribution < -0.4 is 32.8 Å². The van der Waals surface area contributed by atoms with E-state index in [4.69, 9.17) is 0 Å². The van der Waals surface area contributed by atoms with E-state index in [0.717, 1.165) is 0 Å². The first-order valence-electron chi connectivity index (χ1n) is 16.2. The highest BCUT2D eigenvalue weighted by molar-refractivity contribution is 7.00. The van der Waals surface area contributed by atoms with Crippen LogP contribution in [0.25, 0.3) is 55.0 Å². The lowest BCUT2D eigenvalue weighted by Crippen LogP contribution is -2.60. The van der Waals surface area contributed by atoms with E-state index in [1.165, 1.54) is 87.8 Å². The Kier molecular flexibility index (Phi) is 4.77. The zero-order valence-corrected chi connectivity index (χ0v) is 25.1. The van der Waals surface area contributed by atoms with Gasteiger partial charge in [0.2, 0.25) is 13.4 Å². The molecule has 0 amide bonds. The molecule has 4 heteroatoms. The van der Waals surface area contributed by atoms with E-state index in [1.807, 2.05) is 0 Å². The molecule has 7 aromatic carbocycles. The second kappa shape index (κ2) is 8.93. The summed E-state index contributed by atoms with van der Waals surface area (Å²) in [4.78, 5) is 0. The van der Waals surface area contributed by atoms with Crippen LogP contribution in [-0.4, -0.2) is 22.6 Å². The Morgan fingerprint density at radius 3 is 1.22 bits per heavy atom. The van der Waals surface area contributed by atoms with Gasteiger partial charge in [0.05, 0.1) is 11.0 Å². The van der Waals surface area contributed by atoms with E-state index >= 15 is 0 Å². The quantitative estimate of drug-likeness (QED) is 0.238. The number of para-hydroxylation sites is 4. The van der Waals surface area contributed by atoms with Crippen LogP contribution in [0, 0.1) is 0 Å². The monoisotopic (exact) mass is 580 g/mol. The molecule has 2 aliphatic rings. The molecule has 11 rings (SSSR count). The molecule has 210 valence electrons. The molecule has 0 aliphatic carbocycles. The zero-order chi connectivity index (χ0) is 29.9. The van der Waals surface area contributed by atoms with Crippen LogP contribution in [0.5, 0.6) is 0 Å². The lowest BCUT2D eigenvalue weighted by atomic mass is 9.32. The van der Waals surface area contributed by atoms with Crippen molar-refractivity contribution in [1.29, 1.82) is 0 Å². The molecule has 46 heavy (non-hydrogen) atoms. The minimum atomic E-state index is 0.122. The van der Waals surface area contributed by atoms with Gasteiger partial charge >= 0.3 is 0 Å². The molecule has 2 aliphatic heterocycles. The van der Waals surface area contributed by atoms with E-state index < -0.39 is 0 Å². The van der Waals surface area contributed by atoms with Gasteiger partial charge in [0, 0.05) is 44.0 Å². The molecule has 2 nitrogen and oxygen atoms in total. The van der Waals surface area contributed by atoms with Crippen molar-refractivity contribution in [3.63, 3.8) is 0 Å². The molecule has 0 unspecified atom stereocenters. The summed E-state index contributed by atoms with van der Waals surface area (Å²) in [5.74, 6) is 0. The summed E-state index contributed by atoms with van der Waals surface area (Å²) in [6.07, 6.45) is 0. The number of nitrogens with zero attached hydrogens (tertiary/aromatic N) is 2. The molecule has 0 spiro atoms. The van der Waals surface area contributed by atoms with Crippen LogP contribution in [0.3, 0.4) is 0 Å². The number of benzene rings is 7. The van der Waals surface area contributed by atoms with Crippen molar-refractivity contribution in [2.45, 2.75) is 0 Å². The average Bonchev–Trinajstić information content (AvgIpc) is 3.64. The number of fused-ring (bicyclic) bond motifs is 10. The maximum Gasteiger partial charge on any atom is 0.246 e. The SMILES string of the molecule is c1ccc(B2c3cc4c(cc3-n3c5ccccc5c5cccc2c53)-n2c3ccccc3c3cccc(c32)B4c2ccccc2)cc1. The van der Waals surface area contributed by atoms with Crippen LogP contribution in [0.4, 0.5) is 0 Å². The summed E-state index contributed by atoms with van der Waals surface area (Å²) >= 11 is 0. The summed E-state index contributed by atoms with van der Waals surface area (Å²) in [6.45, 7) is 0.245. The highest BCUT2D eigenvalue weighted by atomic mass is 15.0. The number of rotatable bonds is 2. The smallest absolute Gasteiger partial charge is 0.246 e. The average molecular weight is 580 g/mol. The summed E-state index contributed by atoms with van der Waals surface area (Å²) in [5, 5.41) is 5.24. The maximum atomic E-state index is 2.56. The van der Waals surface area contributed by atoms with Gasteiger partial charge in [-0.05, 0) is 40.1 Å². The third-order valence-corrected chi connectivity index (χ3v) is 10.6. The molecule has 0 radical (unpaired) electrons. The van der Waals surface area contributed by atoms with Gasteiger partial charge in [0.25, 0.3) is 0 Å². The number of aromatic nitrogens is 2. The number of hydrogen-bond acceptors (Lipinski definition) is 0. The predicted octanol–water partition coefficient (Wildman–Crippen LogP) is 5.54. The molecule has 0 saturated heterocycles. The van der Waals surface area contributed by atoms with Crippen LogP contribution >= 0.6 is 0 Å². The van der Waals surface area contributed by atoms with Crippen molar-refractivity contribution >= 4 is 89.8 Å². The van der Waals surface area contributed by atoms with Gasteiger partial charge in [0.15, 0.2) is 0 Å². The number of hydrogen-bond donors (Lipinski definition) is 0. The van der Waals surface area contributed by atoms with Gasteiger partial charge in [-0.15, -0.1) is 0 Å². The Bertz CT molecular complexity index is 2520. The molecule has 0 N–H and O–H groups in total. The first-order valence-corrected chi connectivity index (χ1v) is 16.2. The molecular formula is C42H26B2N2. The van der Waals surface area contributed by atoms with E-state index in [0.29, 0.717) is 0 Å². The minimum Gasteiger partial charge on any atom is -0.310 e. The fourth-order valence-electron chi connectivity index (χ4n) is 8.86. The van der Waals surface area contributed by atoms with Crippen LogP contribution in [0.2, 0.25) is 0 Å². The molecule has 0 saturated carbocycles. The maximum absolute atomic E-state index is 2.56. The highest BCUT2D eigenvalue weighted by Crippen LogP contribution is 2.37. The molecule has 0 atom stereocenters. The lowest BCUT2D eigenvalue weighted by Gasteiger charge is -2.33. The minimum absolute atomic E-state index is 0.122. The first-order chi connectivity index (χ1) is 22.9. The largest absolute Gasteiger partial charge is 0.310 e. The molecular weight excluding hydrogens is 554 g/mol. The molecule has 9 aromatic rings. The summed E-state index contributed by atoms with van der Waals surface area (Å²) in [6, 6.07) is 58.9. The second-order valence-electron chi connectivity index (χ2n) is 12.8. The van der Waals surface area contributed by atoms with Gasteiger partial charge in [-0.3, -0.25) is 0 Å². The van der Waals surface area contributed by atoms with Crippen LogP contribution in [0.1, 0.15) is 0 Å². The molecule has 0 bridgehead atoms. The van der Waals surface area contributed by atoms with E-state index in [2.05, 4.69) is 167 Å². The predicted molar refractivity (Wildman–Crippen MR) is 197 cm³/mol. The fraction of sp³-hybridized carbons (Fsp3) is 0. The fourth-order valence-corrected chi connectivity index (χ4v) is 8.86. The van der Waals surface area contributed by atoms with Gasteiger partial charge < -0.3 is 9.13 Å². The van der Waals surface area contributed by atoms with Crippen LogP contribution in [0.15, 0.2) is 158 Å². The molecule has 0 fully saturated rings. The van der Waals surface area contributed by atoms with Gasteiger partial charge in [0.1, 0.15) is 0 Å². The Hall–Kier alpha value is -5.73. The highest BCUT2D eigenvalue weighted by Gasteiger charge is 2.39. The third-order valence-electron chi connectivity index (χ3n) is 10.6. The summed E-state index contributed by atoms with van der Waals surface area (Å²) < 4.78 is 5.10. The molecule has 4 heterocycles. The van der Waals surface area contributed by atoms with E-state index in [9.17, 15) is 0 Å². The summed E-state index contributed by atoms with van der Waals surface area (Å²) in [5.41, 5.74) is 15.8. The van der Waals surface area contributed by atoms with Crippen molar-refractivity contribution in [3.8, 4) is 11.4 Å². The van der Waals surface area contributed by atoms with Crippen molar-refractivity contribution in [2.24, 2.45) is 0 Å². The summed E-state index contributed by atoms with van der Waals surface area (Å²) in [7, 11) is 0. The second-order valence-corrected chi connectivity index (χ2v) is 12.8. The topological polar surface area (TPSA) is 9.86 Å². The van der Waals surface area contributed by atoms with Crippen LogP contribution in [-0.2, 0) is 0 Å². The Labute approximate surface area is 267 Å². The zero-order valence-electron chi connectivity index (χ0n) is 25.1. The van der Waals surface area contributed by atoms with Crippen molar-refractivity contribution in [2.75, 3.05) is 0 Å². The van der Waals surface area contributed by atoms with Gasteiger partial charge in [-0.1, -0.05) is 150 Å². The van der Waals surface area contributed by atoms with Crippen molar-refractivity contribution < 1.29 is 0 Å². The first kappa shape index (κ1) is 24.6. The van der Waals surface area contributed by atoms with Crippen molar-refractivity contribution in [1.82, 2.24) is 9.13 Å². The van der Waals surface area contributed by atoms with Gasteiger partial charge in [-0.25, -0.2) is 0 Å². The Morgan fingerprint density at radius 1 is 0.326 bits per heavy atom. The normalized spacial score (nSPS) is 13.1. The lowest BCUT2D eigenvalue weighted by molar-refractivity contribution is 1.15. The third kappa shape index (κ3) is 3.04. The van der Waals surface area contributed by atoms with E-state index in [1.54, 1.807) is 0 Å². The van der Waals surface area contributed by atoms with Crippen molar-refractivity contribution in [3.05, 3.63) is 158 Å². The van der Waals surface area contributed by atoms with E-state index in [-0.39, 0.29) is 13.4 Å². The Balaban J connectivity index is 1.35. The Morgan fingerprint density at radius 2 is 0.739 bits per heavy atom. The van der Waals surface area contributed by atoms with Gasteiger partial charge in [-0.2, -0.15) is 0 Å². The molecule has 2 aromatic heterocycles.